The van der Waals surface area contributed by atoms with Crippen molar-refractivity contribution in [2.45, 2.75) is 26.2 Å². The van der Waals surface area contributed by atoms with Crippen LogP contribution in [0, 0.1) is 0 Å². The van der Waals surface area contributed by atoms with E-state index in [4.69, 9.17) is 5.84 Å². The molecule has 0 aliphatic heterocycles. The van der Waals surface area contributed by atoms with Crippen LogP contribution in [0.25, 0.3) is 21.8 Å². The lowest BCUT2D eigenvalue weighted by atomic mass is 9.85. The molecule has 0 saturated heterocycles. The summed E-state index contributed by atoms with van der Waals surface area (Å²) in [6.07, 6.45) is 0. The highest BCUT2D eigenvalue weighted by Crippen LogP contribution is 2.34. The largest absolute Gasteiger partial charge is 0.339 e. The topological polar surface area (TPSA) is 30.9 Å². The molecule has 0 atom stereocenters. The lowest BCUT2D eigenvalue weighted by Crippen LogP contribution is -2.16. The van der Waals surface area contributed by atoms with Gasteiger partial charge in [0.2, 0.25) is 0 Å². The van der Waals surface area contributed by atoms with Crippen molar-refractivity contribution in [2.24, 2.45) is 0 Å². The van der Waals surface area contributed by atoms with Crippen LogP contribution in [0.5, 0.6) is 0 Å². The number of nitrogen functional groups attached to an aromatic ring is 1. The van der Waals surface area contributed by atoms with E-state index in [1.54, 1.807) is 0 Å². The first-order chi connectivity index (χ1) is 8.50. The molecular formula is C16H18N2. The fourth-order valence-corrected chi connectivity index (χ4v) is 2.66. The number of nitrogens with zero attached hydrogens (tertiary/aromatic N) is 1. The van der Waals surface area contributed by atoms with E-state index in [-0.39, 0.29) is 5.41 Å². The Morgan fingerprint density at radius 3 is 2.28 bits per heavy atom. The average molecular weight is 238 g/mol. The fourth-order valence-electron chi connectivity index (χ4n) is 2.66. The smallest absolute Gasteiger partial charge is 0.0740 e. The van der Waals surface area contributed by atoms with Crippen LogP contribution >= 0.6 is 0 Å². The van der Waals surface area contributed by atoms with Crippen LogP contribution in [0.1, 0.15) is 26.3 Å². The van der Waals surface area contributed by atoms with Crippen molar-refractivity contribution in [2.75, 3.05) is 5.84 Å². The van der Waals surface area contributed by atoms with E-state index in [1.807, 2.05) is 10.7 Å². The quantitative estimate of drug-likeness (QED) is 0.593. The zero-order valence-electron chi connectivity index (χ0n) is 11.1. The number of hydrogen-bond donors (Lipinski definition) is 1. The SMILES string of the molecule is CC(C)(C)c1cccc2c3ccccc3n(N)c12. The molecule has 0 radical (unpaired) electrons. The van der Waals surface area contributed by atoms with Crippen molar-refractivity contribution in [1.29, 1.82) is 0 Å². The number of rotatable bonds is 0. The third-order valence-corrected chi connectivity index (χ3v) is 3.54. The van der Waals surface area contributed by atoms with Crippen molar-refractivity contribution >= 4 is 21.8 Å². The number of aromatic nitrogens is 1. The summed E-state index contributed by atoms with van der Waals surface area (Å²) in [5.41, 5.74) is 3.61. The highest BCUT2D eigenvalue weighted by atomic mass is 15.3. The minimum Gasteiger partial charge on any atom is -0.339 e. The molecule has 0 aliphatic rings. The number of fused-ring (bicyclic) bond motifs is 3. The minimum atomic E-state index is 0.0883. The summed E-state index contributed by atoms with van der Waals surface area (Å²) in [5.74, 6) is 6.29. The van der Waals surface area contributed by atoms with E-state index < -0.39 is 0 Å². The maximum Gasteiger partial charge on any atom is 0.0740 e. The highest BCUT2D eigenvalue weighted by molar-refractivity contribution is 6.09. The van der Waals surface area contributed by atoms with Gasteiger partial charge in [-0.15, -0.1) is 0 Å². The monoisotopic (exact) mass is 238 g/mol. The highest BCUT2D eigenvalue weighted by Gasteiger charge is 2.20. The van der Waals surface area contributed by atoms with Crippen LogP contribution in [0.2, 0.25) is 0 Å². The molecule has 92 valence electrons. The van der Waals surface area contributed by atoms with Gasteiger partial charge in [-0.3, -0.25) is 4.68 Å². The summed E-state index contributed by atoms with van der Waals surface area (Å²) in [5, 5.41) is 2.46. The Kier molecular flexibility index (Phi) is 2.18. The van der Waals surface area contributed by atoms with E-state index in [9.17, 15) is 0 Å². The molecule has 2 N–H and O–H groups in total. The predicted octanol–water partition coefficient (Wildman–Crippen LogP) is 3.81. The summed E-state index contributed by atoms with van der Waals surface area (Å²) >= 11 is 0. The second-order valence-corrected chi connectivity index (χ2v) is 5.84. The normalized spacial score (nSPS) is 12.4. The molecule has 2 heteroatoms. The van der Waals surface area contributed by atoms with Gasteiger partial charge in [0, 0.05) is 10.8 Å². The Balaban J connectivity index is 2.56. The number of para-hydroxylation sites is 2. The Hall–Kier alpha value is -1.96. The van der Waals surface area contributed by atoms with Gasteiger partial charge in [-0.2, -0.15) is 0 Å². The molecule has 0 spiro atoms. The summed E-state index contributed by atoms with van der Waals surface area (Å²) < 4.78 is 1.82. The second kappa shape index (κ2) is 3.52. The average Bonchev–Trinajstić information content (AvgIpc) is 2.63. The Labute approximate surface area is 107 Å². The summed E-state index contributed by atoms with van der Waals surface area (Å²) in [7, 11) is 0. The Bertz CT molecular complexity index is 730. The van der Waals surface area contributed by atoms with Gasteiger partial charge in [0.25, 0.3) is 0 Å². The van der Waals surface area contributed by atoms with Gasteiger partial charge in [-0.1, -0.05) is 57.2 Å². The third kappa shape index (κ3) is 1.42. The molecule has 18 heavy (non-hydrogen) atoms. The lowest BCUT2D eigenvalue weighted by Gasteiger charge is -2.20. The van der Waals surface area contributed by atoms with Crippen LogP contribution in [0.4, 0.5) is 0 Å². The van der Waals surface area contributed by atoms with Gasteiger partial charge in [0.15, 0.2) is 0 Å². The molecule has 3 aromatic rings. The van der Waals surface area contributed by atoms with Gasteiger partial charge < -0.3 is 5.84 Å². The fraction of sp³-hybridized carbons (Fsp3) is 0.250. The van der Waals surface area contributed by atoms with E-state index in [0.717, 1.165) is 11.0 Å². The zero-order valence-corrected chi connectivity index (χ0v) is 11.1. The van der Waals surface area contributed by atoms with Crippen molar-refractivity contribution in [1.82, 2.24) is 4.68 Å². The molecule has 0 fully saturated rings. The summed E-state index contributed by atoms with van der Waals surface area (Å²) in [6, 6.07) is 14.7. The predicted molar refractivity (Wildman–Crippen MR) is 78.3 cm³/mol. The molecule has 0 aliphatic carbocycles. The summed E-state index contributed by atoms with van der Waals surface area (Å²) in [6.45, 7) is 6.66. The van der Waals surface area contributed by atoms with E-state index >= 15 is 0 Å². The van der Waals surface area contributed by atoms with Crippen molar-refractivity contribution < 1.29 is 0 Å². The van der Waals surface area contributed by atoms with Crippen LogP contribution in [-0.4, -0.2) is 4.68 Å². The molecular weight excluding hydrogens is 220 g/mol. The van der Waals surface area contributed by atoms with Gasteiger partial charge in [0.05, 0.1) is 11.0 Å². The van der Waals surface area contributed by atoms with Crippen LogP contribution in [-0.2, 0) is 5.41 Å². The van der Waals surface area contributed by atoms with Gasteiger partial charge in [-0.25, -0.2) is 0 Å². The molecule has 0 amide bonds. The molecule has 1 heterocycles. The second-order valence-electron chi connectivity index (χ2n) is 5.84. The van der Waals surface area contributed by atoms with Crippen LogP contribution < -0.4 is 5.84 Å². The standard InChI is InChI=1S/C16H18N2/c1-16(2,3)13-9-6-8-12-11-7-4-5-10-14(11)18(17)15(12)13/h4-10H,17H2,1-3H3. The minimum absolute atomic E-state index is 0.0883. The zero-order chi connectivity index (χ0) is 12.9. The van der Waals surface area contributed by atoms with Gasteiger partial charge in [-0.05, 0) is 17.0 Å². The first-order valence-electron chi connectivity index (χ1n) is 6.28. The van der Waals surface area contributed by atoms with Crippen LogP contribution in [0.3, 0.4) is 0 Å². The van der Waals surface area contributed by atoms with Gasteiger partial charge >= 0.3 is 0 Å². The van der Waals surface area contributed by atoms with E-state index in [2.05, 4.69) is 57.2 Å². The number of nitrogens with two attached hydrogens (primary N) is 1. The van der Waals surface area contributed by atoms with Crippen molar-refractivity contribution in [3.63, 3.8) is 0 Å². The third-order valence-electron chi connectivity index (χ3n) is 3.54. The lowest BCUT2D eigenvalue weighted by molar-refractivity contribution is 0.593. The Morgan fingerprint density at radius 1 is 0.889 bits per heavy atom. The maximum absolute atomic E-state index is 6.29. The molecule has 3 rings (SSSR count). The van der Waals surface area contributed by atoms with E-state index in [1.165, 1.54) is 16.3 Å². The number of benzene rings is 2. The number of hydrogen-bond acceptors (Lipinski definition) is 1. The first-order valence-corrected chi connectivity index (χ1v) is 6.28. The maximum atomic E-state index is 6.29. The molecule has 0 saturated carbocycles. The molecule has 0 unspecified atom stereocenters. The van der Waals surface area contributed by atoms with E-state index in [0.29, 0.717) is 0 Å². The van der Waals surface area contributed by atoms with Crippen LogP contribution in [0.15, 0.2) is 42.5 Å². The van der Waals surface area contributed by atoms with Crippen molar-refractivity contribution in [3.05, 3.63) is 48.0 Å². The molecule has 2 aromatic carbocycles. The molecule has 2 nitrogen and oxygen atoms in total. The first kappa shape index (κ1) is 11.1. The van der Waals surface area contributed by atoms with Crippen molar-refractivity contribution in [3.8, 4) is 0 Å². The molecule has 1 aromatic heterocycles. The summed E-state index contributed by atoms with van der Waals surface area (Å²) in [4.78, 5) is 0. The molecule has 0 bridgehead atoms. The Morgan fingerprint density at radius 2 is 1.56 bits per heavy atom. The van der Waals surface area contributed by atoms with Gasteiger partial charge in [0.1, 0.15) is 0 Å².